The number of aryl methyl sites for hydroxylation is 1. The summed E-state index contributed by atoms with van der Waals surface area (Å²) in [6, 6.07) is 12.2. The summed E-state index contributed by atoms with van der Waals surface area (Å²) in [7, 11) is 1.68. The average molecular weight is 340 g/mol. The van der Waals surface area contributed by atoms with Crippen LogP contribution in [0.5, 0.6) is 17.2 Å². The van der Waals surface area contributed by atoms with E-state index in [1.807, 2.05) is 12.1 Å². The molecule has 134 valence electrons. The van der Waals surface area contributed by atoms with E-state index in [9.17, 15) is 5.11 Å². The van der Waals surface area contributed by atoms with E-state index in [-0.39, 0.29) is 0 Å². The molecule has 2 aromatic carbocycles. The van der Waals surface area contributed by atoms with Gasteiger partial charge in [-0.05, 0) is 54.2 Å². The van der Waals surface area contributed by atoms with Crippen molar-refractivity contribution in [2.75, 3.05) is 13.7 Å². The Kier molecular flexibility index (Phi) is 5.85. The third-order valence-electron chi connectivity index (χ3n) is 5.05. The number of rotatable bonds is 7. The molecule has 0 saturated carbocycles. The molecule has 1 atom stereocenters. The molecule has 0 spiro atoms. The van der Waals surface area contributed by atoms with Crippen LogP contribution in [-0.2, 0) is 12.8 Å². The highest BCUT2D eigenvalue weighted by Crippen LogP contribution is 2.37. The number of unbranched alkanes of at least 4 members (excludes halogenated alkanes) is 3. The zero-order chi connectivity index (χ0) is 17.6. The summed E-state index contributed by atoms with van der Waals surface area (Å²) in [4.78, 5) is 0. The minimum absolute atomic E-state index is 0.343. The van der Waals surface area contributed by atoms with Crippen LogP contribution in [0.3, 0.4) is 0 Å². The van der Waals surface area contributed by atoms with Gasteiger partial charge in [-0.3, -0.25) is 0 Å². The van der Waals surface area contributed by atoms with Crippen LogP contribution in [0.1, 0.15) is 55.2 Å². The zero-order valence-corrected chi connectivity index (χ0v) is 15.3. The van der Waals surface area contributed by atoms with Gasteiger partial charge in [0.2, 0.25) is 0 Å². The van der Waals surface area contributed by atoms with E-state index in [1.54, 1.807) is 13.2 Å². The van der Waals surface area contributed by atoms with E-state index in [4.69, 9.17) is 9.47 Å². The molecule has 1 aliphatic heterocycles. The van der Waals surface area contributed by atoms with Crippen molar-refractivity contribution in [2.24, 2.45) is 0 Å². The Morgan fingerprint density at radius 1 is 1.12 bits per heavy atom. The second-order valence-electron chi connectivity index (χ2n) is 6.88. The van der Waals surface area contributed by atoms with Crippen LogP contribution in [0.25, 0.3) is 0 Å². The van der Waals surface area contributed by atoms with E-state index < -0.39 is 0 Å². The Morgan fingerprint density at radius 3 is 2.64 bits per heavy atom. The van der Waals surface area contributed by atoms with Crippen LogP contribution in [0.4, 0.5) is 0 Å². The molecule has 3 nitrogen and oxygen atoms in total. The summed E-state index contributed by atoms with van der Waals surface area (Å²) in [6.07, 6.45) is 6.72. The molecule has 0 bridgehead atoms. The van der Waals surface area contributed by atoms with Gasteiger partial charge >= 0.3 is 0 Å². The number of methoxy groups -OCH3 is 1. The van der Waals surface area contributed by atoms with Gasteiger partial charge in [0.25, 0.3) is 0 Å². The molecule has 2 aromatic rings. The van der Waals surface area contributed by atoms with Gasteiger partial charge in [0, 0.05) is 12.0 Å². The third-order valence-corrected chi connectivity index (χ3v) is 5.05. The van der Waals surface area contributed by atoms with Crippen molar-refractivity contribution < 1.29 is 14.6 Å². The molecule has 0 saturated heterocycles. The normalized spacial score (nSPS) is 16.2. The average Bonchev–Trinajstić information content (AvgIpc) is 2.65. The fraction of sp³-hybridized carbons (Fsp3) is 0.455. The summed E-state index contributed by atoms with van der Waals surface area (Å²) in [5.74, 6) is 2.42. The monoisotopic (exact) mass is 340 g/mol. The van der Waals surface area contributed by atoms with Gasteiger partial charge in [0.1, 0.15) is 17.2 Å². The molecular weight excluding hydrogens is 312 g/mol. The van der Waals surface area contributed by atoms with E-state index >= 15 is 0 Å². The van der Waals surface area contributed by atoms with E-state index in [2.05, 4.69) is 25.1 Å². The zero-order valence-electron chi connectivity index (χ0n) is 15.3. The quantitative estimate of drug-likeness (QED) is 0.700. The molecule has 1 heterocycles. The van der Waals surface area contributed by atoms with Crippen molar-refractivity contribution in [3.63, 3.8) is 0 Å². The van der Waals surface area contributed by atoms with Crippen LogP contribution >= 0.6 is 0 Å². The second kappa shape index (κ2) is 8.28. The largest absolute Gasteiger partial charge is 0.508 e. The molecule has 1 unspecified atom stereocenters. The number of ether oxygens (including phenoxy) is 2. The maximum atomic E-state index is 10.3. The van der Waals surface area contributed by atoms with Gasteiger partial charge in [-0.1, -0.05) is 38.3 Å². The Labute approximate surface area is 150 Å². The Hall–Kier alpha value is -2.16. The molecule has 1 N–H and O–H groups in total. The van der Waals surface area contributed by atoms with Crippen LogP contribution in [0, 0.1) is 0 Å². The summed E-state index contributed by atoms with van der Waals surface area (Å²) in [5.41, 5.74) is 3.52. The third kappa shape index (κ3) is 4.28. The van der Waals surface area contributed by atoms with Crippen molar-refractivity contribution in [2.45, 2.75) is 51.4 Å². The van der Waals surface area contributed by atoms with Crippen LogP contribution in [0.2, 0.25) is 0 Å². The van der Waals surface area contributed by atoms with Gasteiger partial charge in [0.15, 0.2) is 0 Å². The van der Waals surface area contributed by atoms with E-state index in [0.717, 1.165) is 36.3 Å². The first-order valence-electron chi connectivity index (χ1n) is 9.32. The van der Waals surface area contributed by atoms with Gasteiger partial charge in [-0.25, -0.2) is 0 Å². The van der Waals surface area contributed by atoms with Crippen LogP contribution in [-0.4, -0.2) is 18.8 Å². The maximum Gasteiger partial charge on any atom is 0.126 e. The maximum absolute atomic E-state index is 10.3. The highest BCUT2D eigenvalue weighted by atomic mass is 16.5. The van der Waals surface area contributed by atoms with Crippen LogP contribution < -0.4 is 9.47 Å². The SMILES string of the molecule is CCCCCCc1cc2c(cc1O)OCC(c1ccc(OC)cc1)C2. The van der Waals surface area contributed by atoms with Crippen molar-refractivity contribution in [1.82, 2.24) is 0 Å². The lowest BCUT2D eigenvalue weighted by Gasteiger charge is -2.26. The number of hydrogen-bond donors (Lipinski definition) is 1. The molecule has 0 amide bonds. The molecule has 25 heavy (non-hydrogen) atoms. The first kappa shape index (κ1) is 17.7. The Balaban J connectivity index is 1.72. The fourth-order valence-electron chi connectivity index (χ4n) is 3.51. The highest BCUT2D eigenvalue weighted by Gasteiger charge is 2.23. The van der Waals surface area contributed by atoms with Crippen molar-refractivity contribution in [3.8, 4) is 17.2 Å². The molecule has 1 aliphatic rings. The molecule has 3 heteroatoms. The first-order chi connectivity index (χ1) is 12.2. The van der Waals surface area contributed by atoms with E-state index in [0.29, 0.717) is 18.3 Å². The fourth-order valence-corrected chi connectivity index (χ4v) is 3.51. The Morgan fingerprint density at radius 2 is 1.92 bits per heavy atom. The molecule has 3 rings (SSSR count). The predicted molar refractivity (Wildman–Crippen MR) is 101 cm³/mol. The predicted octanol–water partition coefficient (Wildman–Crippen LogP) is 5.24. The summed E-state index contributed by atoms with van der Waals surface area (Å²) in [6.45, 7) is 2.86. The summed E-state index contributed by atoms with van der Waals surface area (Å²) < 4.78 is 11.2. The minimum Gasteiger partial charge on any atom is -0.508 e. The molecule has 0 aliphatic carbocycles. The standard InChI is InChI=1S/C22H28O3/c1-3-4-5-6-7-17-12-18-13-19(15-25-22(18)14-21(17)23)16-8-10-20(24-2)11-9-16/h8-12,14,19,23H,3-7,13,15H2,1-2H3. The van der Waals surface area contributed by atoms with Gasteiger partial charge in [-0.15, -0.1) is 0 Å². The van der Waals surface area contributed by atoms with Crippen molar-refractivity contribution in [1.29, 1.82) is 0 Å². The van der Waals surface area contributed by atoms with Crippen molar-refractivity contribution >= 4 is 0 Å². The molecular formula is C22H28O3. The number of aromatic hydroxyl groups is 1. The topological polar surface area (TPSA) is 38.7 Å². The number of hydrogen-bond acceptors (Lipinski definition) is 3. The summed E-state index contributed by atoms with van der Waals surface area (Å²) in [5, 5.41) is 10.3. The molecule has 0 fully saturated rings. The lowest BCUT2D eigenvalue weighted by molar-refractivity contribution is 0.261. The van der Waals surface area contributed by atoms with Crippen LogP contribution in [0.15, 0.2) is 36.4 Å². The van der Waals surface area contributed by atoms with Gasteiger partial charge < -0.3 is 14.6 Å². The smallest absolute Gasteiger partial charge is 0.126 e. The summed E-state index contributed by atoms with van der Waals surface area (Å²) >= 11 is 0. The highest BCUT2D eigenvalue weighted by molar-refractivity contribution is 5.48. The molecule has 0 radical (unpaired) electrons. The second-order valence-corrected chi connectivity index (χ2v) is 6.88. The lowest BCUT2D eigenvalue weighted by Crippen LogP contribution is -2.19. The van der Waals surface area contributed by atoms with Gasteiger partial charge in [0.05, 0.1) is 13.7 Å². The number of phenolic OH excluding ortho intramolecular Hbond substituents is 1. The van der Waals surface area contributed by atoms with Crippen molar-refractivity contribution in [3.05, 3.63) is 53.1 Å². The Bertz CT molecular complexity index is 691. The number of benzene rings is 2. The minimum atomic E-state index is 0.343. The van der Waals surface area contributed by atoms with Gasteiger partial charge in [-0.2, -0.15) is 0 Å². The molecule has 0 aromatic heterocycles. The first-order valence-corrected chi connectivity index (χ1v) is 9.32. The lowest BCUT2D eigenvalue weighted by atomic mass is 9.89. The van der Waals surface area contributed by atoms with E-state index in [1.165, 1.54) is 30.4 Å². The number of phenols is 1. The number of fused-ring (bicyclic) bond motifs is 1.